The summed E-state index contributed by atoms with van der Waals surface area (Å²) in [5, 5.41) is 2.99. The molecule has 2 aromatic carbocycles. The number of hydrogen-bond acceptors (Lipinski definition) is 1. The van der Waals surface area contributed by atoms with Crippen LogP contribution in [0.3, 0.4) is 0 Å². The van der Waals surface area contributed by atoms with E-state index in [9.17, 15) is 13.6 Å². The number of benzene rings is 2. The molecule has 0 aromatic heterocycles. The largest absolute Gasteiger partial charge is 0.346 e. The Hall–Kier alpha value is -2.23. The van der Waals surface area contributed by atoms with Crippen LogP contribution in [-0.2, 0) is 16.8 Å². The zero-order valence-corrected chi connectivity index (χ0v) is 11.4. The van der Waals surface area contributed by atoms with Gasteiger partial charge in [-0.05, 0) is 48.2 Å². The Bertz CT molecular complexity index is 663. The molecular formula is C17H15F2NO. The average Bonchev–Trinajstić information content (AvgIpc) is 3.20. The molecule has 2 aromatic rings. The lowest BCUT2D eigenvalue weighted by atomic mass is 10.0. The molecule has 108 valence electrons. The highest BCUT2D eigenvalue weighted by atomic mass is 19.1. The van der Waals surface area contributed by atoms with E-state index in [1.54, 1.807) is 24.3 Å². The average molecular weight is 287 g/mol. The van der Waals surface area contributed by atoms with E-state index < -0.39 is 0 Å². The molecule has 2 nitrogen and oxygen atoms in total. The van der Waals surface area contributed by atoms with Gasteiger partial charge in [0.25, 0.3) is 0 Å². The van der Waals surface area contributed by atoms with Crippen LogP contribution < -0.4 is 5.32 Å². The van der Waals surface area contributed by atoms with E-state index in [1.165, 1.54) is 24.3 Å². The minimum Gasteiger partial charge on any atom is -0.346 e. The third kappa shape index (κ3) is 3.10. The molecular weight excluding hydrogens is 272 g/mol. The zero-order valence-electron chi connectivity index (χ0n) is 11.4. The molecule has 1 fully saturated rings. The van der Waals surface area contributed by atoms with Gasteiger partial charge in [-0.15, -0.1) is 0 Å². The quantitative estimate of drug-likeness (QED) is 0.918. The molecule has 1 saturated carbocycles. The smallest absolute Gasteiger partial charge is 0.225 e. The van der Waals surface area contributed by atoms with E-state index in [-0.39, 0.29) is 29.5 Å². The molecule has 1 aliphatic rings. The molecule has 0 atom stereocenters. The lowest BCUT2D eigenvalue weighted by Crippen LogP contribution is -2.35. The van der Waals surface area contributed by atoms with E-state index in [2.05, 4.69) is 5.32 Å². The van der Waals surface area contributed by atoms with Crippen LogP contribution in [0, 0.1) is 11.6 Å². The highest BCUT2D eigenvalue weighted by Gasteiger charge is 2.45. The number of carbonyl (C=O) groups is 1. The number of halogens is 2. The standard InChI is InChI=1S/C17H15F2NO/c18-14-6-4-13(5-7-14)17(8-9-17)20-16(21)11-12-2-1-3-15(19)10-12/h1-7,10H,8-9,11H2,(H,20,21). The van der Waals surface area contributed by atoms with E-state index in [0.29, 0.717) is 5.56 Å². The maximum absolute atomic E-state index is 13.1. The molecule has 0 radical (unpaired) electrons. The third-order valence-electron chi connectivity index (χ3n) is 3.78. The normalized spacial score (nSPS) is 15.5. The molecule has 0 unspecified atom stereocenters. The summed E-state index contributed by atoms with van der Waals surface area (Å²) in [7, 11) is 0. The number of amides is 1. The first-order chi connectivity index (χ1) is 10.1. The second-order valence-electron chi connectivity index (χ2n) is 5.44. The number of nitrogens with one attached hydrogen (secondary N) is 1. The van der Waals surface area contributed by atoms with Crippen molar-refractivity contribution in [1.29, 1.82) is 0 Å². The Morgan fingerprint density at radius 1 is 1.05 bits per heavy atom. The Morgan fingerprint density at radius 2 is 1.76 bits per heavy atom. The monoisotopic (exact) mass is 287 g/mol. The van der Waals surface area contributed by atoms with Gasteiger partial charge in [0.05, 0.1) is 12.0 Å². The van der Waals surface area contributed by atoms with Crippen molar-refractivity contribution in [3.63, 3.8) is 0 Å². The lowest BCUT2D eigenvalue weighted by molar-refractivity contribution is -0.121. The van der Waals surface area contributed by atoms with Crippen molar-refractivity contribution < 1.29 is 13.6 Å². The summed E-state index contributed by atoms with van der Waals surface area (Å²) in [6.45, 7) is 0. The molecule has 0 aliphatic heterocycles. The fraction of sp³-hybridized carbons (Fsp3) is 0.235. The molecule has 21 heavy (non-hydrogen) atoms. The van der Waals surface area contributed by atoms with Crippen molar-refractivity contribution in [1.82, 2.24) is 5.32 Å². The highest BCUT2D eigenvalue weighted by Crippen LogP contribution is 2.45. The Labute approximate surface area is 121 Å². The summed E-state index contributed by atoms with van der Waals surface area (Å²) >= 11 is 0. The summed E-state index contributed by atoms with van der Waals surface area (Å²) in [5.41, 5.74) is 1.18. The molecule has 0 saturated heterocycles. The molecule has 1 amide bonds. The van der Waals surface area contributed by atoms with Gasteiger partial charge in [0.1, 0.15) is 11.6 Å². The molecule has 3 rings (SSSR count). The van der Waals surface area contributed by atoms with Crippen LogP contribution in [0.5, 0.6) is 0 Å². The van der Waals surface area contributed by atoms with Gasteiger partial charge >= 0.3 is 0 Å². The summed E-state index contributed by atoms with van der Waals surface area (Å²) in [6, 6.07) is 12.2. The summed E-state index contributed by atoms with van der Waals surface area (Å²) in [5.74, 6) is -0.789. The third-order valence-corrected chi connectivity index (χ3v) is 3.78. The second-order valence-corrected chi connectivity index (χ2v) is 5.44. The van der Waals surface area contributed by atoms with E-state index in [4.69, 9.17) is 0 Å². The van der Waals surface area contributed by atoms with Crippen LogP contribution >= 0.6 is 0 Å². The molecule has 4 heteroatoms. The summed E-state index contributed by atoms with van der Waals surface area (Å²) in [4.78, 5) is 12.1. The Balaban J connectivity index is 1.68. The number of carbonyl (C=O) groups excluding carboxylic acids is 1. The van der Waals surface area contributed by atoms with Crippen LogP contribution in [0.4, 0.5) is 8.78 Å². The molecule has 1 N–H and O–H groups in total. The minimum absolute atomic E-state index is 0.140. The van der Waals surface area contributed by atoms with Crippen LogP contribution in [-0.4, -0.2) is 5.91 Å². The van der Waals surface area contributed by atoms with Crippen molar-refractivity contribution in [3.05, 3.63) is 71.3 Å². The molecule has 0 bridgehead atoms. The molecule has 1 aliphatic carbocycles. The van der Waals surface area contributed by atoms with Crippen molar-refractivity contribution in [2.24, 2.45) is 0 Å². The second kappa shape index (κ2) is 5.28. The van der Waals surface area contributed by atoms with Crippen molar-refractivity contribution in [2.45, 2.75) is 24.8 Å². The molecule has 0 heterocycles. The first-order valence-corrected chi connectivity index (χ1v) is 6.89. The minimum atomic E-state index is -0.377. The fourth-order valence-electron chi connectivity index (χ4n) is 2.52. The Kier molecular flexibility index (Phi) is 3.45. The molecule has 0 spiro atoms. The van der Waals surface area contributed by atoms with Gasteiger partial charge in [0.15, 0.2) is 0 Å². The van der Waals surface area contributed by atoms with E-state index in [0.717, 1.165) is 18.4 Å². The number of hydrogen-bond donors (Lipinski definition) is 1. The van der Waals surface area contributed by atoms with Gasteiger partial charge in [-0.25, -0.2) is 8.78 Å². The highest BCUT2D eigenvalue weighted by molar-refractivity contribution is 5.80. The maximum Gasteiger partial charge on any atom is 0.225 e. The predicted molar refractivity (Wildman–Crippen MR) is 75.6 cm³/mol. The van der Waals surface area contributed by atoms with Gasteiger partial charge in [-0.1, -0.05) is 24.3 Å². The van der Waals surface area contributed by atoms with Crippen molar-refractivity contribution >= 4 is 5.91 Å². The van der Waals surface area contributed by atoms with Crippen LogP contribution in [0.1, 0.15) is 24.0 Å². The topological polar surface area (TPSA) is 29.1 Å². The SMILES string of the molecule is O=C(Cc1cccc(F)c1)NC1(c2ccc(F)cc2)CC1. The maximum atomic E-state index is 13.1. The van der Waals surface area contributed by atoms with Gasteiger partial charge in [-0.3, -0.25) is 4.79 Å². The van der Waals surface area contributed by atoms with Crippen molar-refractivity contribution in [2.75, 3.05) is 0 Å². The van der Waals surface area contributed by atoms with Crippen LogP contribution in [0.15, 0.2) is 48.5 Å². The fourth-order valence-corrected chi connectivity index (χ4v) is 2.52. The predicted octanol–water partition coefficient (Wildman–Crippen LogP) is 3.31. The summed E-state index contributed by atoms with van der Waals surface area (Å²) < 4.78 is 26.1. The Morgan fingerprint density at radius 3 is 2.38 bits per heavy atom. The van der Waals surface area contributed by atoms with Crippen molar-refractivity contribution in [3.8, 4) is 0 Å². The first kappa shape index (κ1) is 13.7. The van der Waals surface area contributed by atoms with Crippen LogP contribution in [0.25, 0.3) is 0 Å². The zero-order chi connectivity index (χ0) is 14.9. The van der Waals surface area contributed by atoms with Gasteiger partial charge in [-0.2, -0.15) is 0 Å². The number of rotatable bonds is 4. The van der Waals surface area contributed by atoms with E-state index in [1.807, 2.05) is 0 Å². The van der Waals surface area contributed by atoms with Crippen LogP contribution in [0.2, 0.25) is 0 Å². The summed E-state index contributed by atoms with van der Waals surface area (Å²) in [6.07, 6.45) is 1.82. The van der Waals surface area contributed by atoms with E-state index >= 15 is 0 Å². The van der Waals surface area contributed by atoms with Gasteiger partial charge in [0, 0.05) is 0 Å². The first-order valence-electron chi connectivity index (χ1n) is 6.89. The van der Waals surface area contributed by atoms with Gasteiger partial charge < -0.3 is 5.32 Å². The lowest BCUT2D eigenvalue weighted by Gasteiger charge is -2.18. The van der Waals surface area contributed by atoms with Gasteiger partial charge in [0.2, 0.25) is 5.91 Å².